The molecule has 2 aliphatic rings. The van der Waals surface area contributed by atoms with E-state index in [9.17, 15) is 0 Å². The van der Waals surface area contributed by atoms with Crippen LogP contribution in [0.15, 0.2) is 30.6 Å². The molecule has 1 unspecified atom stereocenters. The minimum atomic E-state index is -0.175. The highest BCUT2D eigenvalue weighted by Gasteiger charge is 2.41. The molecule has 2 fully saturated rings. The van der Waals surface area contributed by atoms with Crippen molar-refractivity contribution in [1.29, 1.82) is 5.26 Å². The Morgan fingerprint density at radius 2 is 2.23 bits per heavy atom. The second-order valence-electron chi connectivity index (χ2n) is 7.21. The summed E-state index contributed by atoms with van der Waals surface area (Å²) in [6, 6.07) is 7.75. The highest BCUT2D eigenvalue weighted by Crippen LogP contribution is 2.31. The van der Waals surface area contributed by atoms with E-state index in [1.165, 1.54) is 0 Å². The molecule has 2 saturated heterocycles. The summed E-state index contributed by atoms with van der Waals surface area (Å²) in [5.41, 5.74) is 0.287. The molecule has 2 aliphatic heterocycles. The number of nitriles is 1. The molecule has 0 radical (unpaired) electrons. The van der Waals surface area contributed by atoms with Crippen LogP contribution in [0, 0.1) is 11.3 Å². The van der Waals surface area contributed by atoms with Gasteiger partial charge in [0.05, 0.1) is 18.8 Å². The van der Waals surface area contributed by atoms with Gasteiger partial charge in [0.1, 0.15) is 23.4 Å². The average molecular weight is 352 g/mol. The Labute approximate surface area is 153 Å². The first-order valence-electron chi connectivity index (χ1n) is 9.12. The van der Waals surface area contributed by atoms with Crippen molar-refractivity contribution in [3.8, 4) is 6.07 Å². The number of anilines is 1. The number of pyridine rings is 1. The van der Waals surface area contributed by atoms with Crippen LogP contribution in [0.2, 0.25) is 0 Å². The lowest BCUT2D eigenvalue weighted by Gasteiger charge is -2.48. The van der Waals surface area contributed by atoms with Crippen LogP contribution in [0.1, 0.15) is 24.4 Å². The smallest absolute Gasteiger partial charge is 0.142 e. The fourth-order valence-corrected chi connectivity index (χ4v) is 4.01. The molecule has 136 valence electrons. The molecule has 0 aromatic carbocycles. The van der Waals surface area contributed by atoms with E-state index < -0.39 is 0 Å². The molecule has 0 aliphatic carbocycles. The first-order valence-corrected chi connectivity index (χ1v) is 9.12. The molecular weight excluding hydrogens is 328 g/mol. The largest absolute Gasteiger partial charge is 0.370 e. The second kappa shape index (κ2) is 7.06. The lowest BCUT2D eigenvalue weighted by molar-refractivity contribution is -0.116. The predicted octanol–water partition coefficient (Wildman–Crippen LogP) is 1.56. The van der Waals surface area contributed by atoms with Crippen LogP contribution in [-0.4, -0.2) is 57.8 Å². The quantitative estimate of drug-likeness (QED) is 0.835. The van der Waals surface area contributed by atoms with Gasteiger partial charge in [-0.2, -0.15) is 5.26 Å². The molecule has 1 spiro atoms. The lowest BCUT2D eigenvalue weighted by Crippen LogP contribution is -2.59. The number of ether oxygens (including phenoxy) is 1. The summed E-state index contributed by atoms with van der Waals surface area (Å²) >= 11 is 0. The SMILES string of the molecule is Cn1ccnc1CN1CCOC2(CCCN(c3cccc(C#N)n3)C2)C1. The molecule has 0 saturated carbocycles. The molecule has 4 rings (SSSR count). The van der Waals surface area contributed by atoms with Crippen molar-refractivity contribution in [2.24, 2.45) is 7.05 Å². The molecule has 4 heterocycles. The summed E-state index contributed by atoms with van der Waals surface area (Å²) in [4.78, 5) is 13.6. The Balaban J connectivity index is 1.48. The Morgan fingerprint density at radius 3 is 3.04 bits per heavy atom. The van der Waals surface area contributed by atoms with Gasteiger partial charge in [0.15, 0.2) is 0 Å². The van der Waals surface area contributed by atoms with E-state index in [4.69, 9.17) is 10.00 Å². The van der Waals surface area contributed by atoms with Gasteiger partial charge >= 0.3 is 0 Å². The van der Waals surface area contributed by atoms with E-state index in [1.807, 2.05) is 31.6 Å². The zero-order valence-corrected chi connectivity index (χ0v) is 15.1. The predicted molar refractivity (Wildman–Crippen MR) is 97.6 cm³/mol. The highest BCUT2D eigenvalue weighted by atomic mass is 16.5. The zero-order valence-electron chi connectivity index (χ0n) is 15.1. The Bertz CT molecular complexity index is 808. The number of aryl methyl sites for hydroxylation is 1. The van der Waals surface area contributed by atoms with Gasteiger partial charge in [-0.1, -0.05) is 6.07 Å². The first kappa shape index (κ1) is 17.0. The molecule has 1 atom stereocenters. The van der Waals surface area contributed by atoms with Crippen LogP contribution in [0.4, 0.5) is 5.82 Å². The van der Waals surface area contributed by atoms with Crippen LogP contribution in [0.25, 0.3) is 0 Å². The van der Waals surface area contributed by atoms with Gasteiger partial charge in [-0.15, -0.1) is 0 Å². The third-order valence-corrected chi connectivity index (χ3v) is 5.33. The fourth-order valence-electron chi connectivity index (χ4n) is 4.01. The first-order chi connectivity index (χ1) is 12.7. The van der Waals surface area contributed by atoms with E-state index in [0.717, 1.165) is 63.8 Å². The number of morpholine rings is 1. The summed E-state index contributed by atoms with van der Waals surface area (Å²) in [6.07, 6.45) is 5.96. The van der Waals surface area contributed by atoms with Crippen LogP contribution < -0.4 is 4.90 Å². The van der Waals surface area contributed by atoms with Crippen molar-refractivity contribution in [2.45, 2.75) is 25.0 Å². The van der Waals surface area contributed by atoms with E-state index in [1.54, 1.807) is 6.07 Å². The molecule has 0 bridgehead atoms. The number of hydrogen-bond donors (Lipinski definition) is 0. The molecule has 7 heteroatoms. The minimum absolute atomic E-state index is 0.175. The Kier molecular flexibility index (Phi) is 4.62. The number of aromatic nitrogens is 3. The summed E-state index contributed by atoms with van der Waals surface area (Å²) in [6.45, 7) is 5.17. The monoisotopic (exact) mass is 352 g/mol. The fraction of sp³-hybridized carbons (Fsp3) is 0.526. The summed E-state index contributed by atoms with van der Waals surface area (Å²) in [7, 11) is 2.04. The van der Waals surface area contributed by atoms with Gasteiger partial charge in [0.25, 0.3) is 0 Å². The van der Waals surface area contributed by atoms with Crippen molar-refractivity contribution in [3.05, 3.63) is 42.1 Å². The van der Waals surface area contributed by atoms with Crippen LogP contribution >= 0.6 is 0 Å². The number of nitrogens with zero attached hydrogens (tertiary/aromatic N) is 6. The van der Waals surface area contributed by atoms with Crippen molar-refractivity contribution >= 4 is 5.82 Å². The number of imidazole rings is 1. The number of piperidine rings is 1. The van der Waals surface area contributed by atoms with Gasteiger partial charge in [-0.3, -0.25) is 4.90 Å². The van der Waals surface area contributed by atoms with Crippen molar-refractivity contribution < 1.29 is 4.74 Å². The zero-order chi connectivity index (χ0) is 18.0. The molecule has 0 N–H and O–H groups in total. The van der Waals surface area contributed by atoms with Crippen LogP contribution in [0.5, 0.6) is 0 Å². The summed E-state index contributed by atoms with van der Waals surface area (Å²) < 4.78 is 8.37. The topological polar surface area (TPSA) is 70.2 Å². The van der Waals surface area contributed by atoms with Crippen molar-refractivity contribution in [3.63, 3.8) is 0 Å². The summed E-state index contributed by atoms with van der Waals surface area (Å²) in [5.74, 6) is 1.95. The molecule has 26 heavy (non-hydrogen) atoms. The molecule has 2 aromatic heterocycles. The minimum Gasteiger partial charge on any atom is -0.370 e. The van der Waals surface area contributed by atoms with E-state index >= 15 is 0 Å². The maximum absolute atomic E-state index is 9.11. The van der Waals surface area contributed by atoms with Gasteiger partial charge in [0, 0.05) is 45.6 Å². The molecular formula is C19H24N6O. The van der Waals surface area contributed by atoms with E-state index in [2.05, 4.69) is 30.4 Å². The van der Waals surface area contributed by atoms with Crippen LogP contribution in [-0.2, 0) is 18.3 Å². The number of hydrogen-bond acceptors (Lipinski definition) is 6. The van der Waals surface area contributed by atoms with E-state index in [0.29, 0.717) is 5.69 Å². The van der Waals surface area contributed by atoms with Gasteiger partial charge in [-0.25, -0.2) is 9.97 Å². The highest BCUT2D eigenvalue weighted by molar-refractivity contribution is 5.42. The normalized spacial score (nSPS) is 23.9. The maximum atomic E-state index is 9.11. The Hall–Kier alpha value is -2.43. The van der Waals surface area contributed by atoms with Gasteiger partial charge in [-0.05, 0) is 25.0 Å². The third kappa shape index (κ3) is 3.43. The van der Waals surface area contributed by atoms with Gasteiger partial charge in [0.2, 0.25) is 0 Å². The lowest BCUT2D eigenvalue weighted by atomic mass is 9.90. The average Bonchev–Trinajstić information content (AvgIpc) is 3.06. The maximum Gasteiger partial charge on any atom is 0.142 e. The molecule has 0 amide bonds. The van der Waals surface area contributed by atoms with Crippen molar-refractivity contribution in [2.75, 3.05) is 37.7 Å². The van der Waals surface area contributed by atoms with Gasteiger partial charge < -0.3 is 14.2 Å². The molecule has 2 aromatic rings. The Morgan fingerprint density at radius 1 is 1.31 bits per heavy atom. The second-order valence-corrected chi connectivity index (χ2v) is 7.21. The summed E-state index contributed by atoms with van der Waals surface area (Å²) in [5, 5.41) is 9.11. The molecule has 7 nitrogen and oxygen atoms in total. The van der Waals surface area contributed by atoms with E-state index in [-0.39, 0.29) is 5.60 Å². The van der Waals surface area contributed by atoms with Crippen molar-refractivity contribution in [1.82, 2.24) is 19.4 Å². The third-order valence-electron chi connectivity index (χ3n) is 5.33. The standard InChI is InChI=1S/C19H24N6O/c1-23-9-7-21-18(23)13-24-10-11-26-19(14-24)6-3-8-25(15-19)17-5-2-4-16(12-20)22-17/h2,4-5,7,9H,3,6,8,10-11,13-15H2,1H3. The van der Waals surface area contributed by atoms with Crippen LogP contribution in [0.3, 0.4) is 0 Å². The number of rotatable bonds is 3.